The molecule has 176 valence electrons. The first-order valence-corrected chi connectivity index (χ1v) is 11.2. The van der Waals surface area contributed by atoms with Crippen LogP contribution in [0.2, 0.25) is 0 Å². The normalized spacial score (nSPS) is 12.8. The fourth-order valence-corrected chi connectivity index (χ4v) is 4.55. The van der Waals surface area contributed by atoms with Crippen molar-refractivity contribution >= 4 is 28.5 Å². The molecule has 2 N–H and O–H groups in total. The van der Waals surface area contributed by atoms with Gasteiger partial charge in [-0.3, -0.25) is 19.4 Å². The summed E-state index contributed by atoms with van der Waals surface area (Å²) in [6.07, 6.45) is 5.17. The Morgan fingerprint density at radius 1 is 1.11 bits per heavy atom. The monoisotopic (exact) mass is 469 g/mol. The van der Waals surface area contributed by atoms with Gasteiger partial charge in [0.15, 0.2) is 5.69 Å². The van der Waals surface area contributed by atoms with Crippen LogP contribution in [0.5, 0.6) is 5.75 Å². The number of ether oxygens (including phenoxy) is 1. The van der Waals surface area contributed by atoms with Crippen LogP contribution in [0.1, 0.15) is 32.0 Å². The zero-order valence-electron chi connectivity index (χ0n) is 19.3. The van der Waals surface area contributed by atoms with E-state index in [0.717, 1.165) is 22.4 Å². The van der Waals surface area contributed by atoms with Crippen LogP contribution >= 0.6 is 0 Å². The number of carbonyl (C=O) groups is 3. The first-order chi connectivity index (χ1) is 17.0. The Hall–Kier alpha value is -4.53. The second-order valence-corrected chi connectivity index (χ2v) is 8.17. The Bertz CT molecular complexity index is 1460. The van der Waals surface area contributed by atoms with E-state index < -0.39 is 17.6 Å². The number of H-pyrrole nitrogens is 1. The number of benzene rings is 1. The van der Waals surface area contributed by atoms with Gasteiger partial charge < -0.3 is 19.9 Å². The van der Waals surface area contributed by atoms with Crippen molar-refractivity contribution in [3.63, 3.8) is 0 Å². The minimum absolute atomic E-state index is 0.115. The molecule has 9 heteroatoms. The van der Waals surface area contributed by atoms with Gasteiger partial charge in [0.25, 0.3) is 17.6 Å². The average molecular weight is 470 g/mol. The van der Waals surface area contributed by atoms with E-state index in [2.05, 4.69) is 20.3 Å². The maximum Gasteiger partial charge on any atom is 0.295 e. The van der Waals surface area contributed by atoms with Gasteiger partial charge in [0.1, 0.15) is 5.75 Å². The second kappa shape index (κ2) is 9.02. The van der Waals surface area contributed by atoms with Crippen molar-refractivity contribution in [1.29, 1.82) is 0 Å². The fourth-order valence-electron chi connectivity index (χ4n) is 4.55. The third kappa shape index (κ3) is 3.80. The van der Waals surface area contributed by atoms with Crippen molar-refractivity contribution in [3.8, 4) is 17.0 Å². The molecule has 0 aliphatic carbocycles. The maximum absolute atomic E-state index is 13.3. The Balaban J connectivity index is 1.46. The van der Waals surface area contributed by atoms with Crippen LogP contribution in [-0.4, -0.2) is 58.2 Å². The zero-order valence-corrected chi connectivity index (χ0v) is 19.3. The first kappa shape index (κ1) is 22.3. The van der Waals surface area contributed by atoms with Crippen molar-refractivity contribution in [2.24, 2.45) is 0 Å². The molecule has 0 bridgehead atoms. The van der Waals surface area contributed by atoms with Crippen molar-refractivity contribution in [3.05, 3.63) is 77.4 Å². The van der Waals surface area contributed by atoms with Crippen molar-refractivity contribution in [1.82, 2.24) is 25.2 Å². The van der Waals surface area contributed by atoms with E-state index in [-0.39, 0.29) is 11.3 Å². The van der Waals surface area contributed by atoms with Crippen molar-refractivity contribution in [2.45, 2.75) is 13.0 Å². The summed E-state index contributed by atoms with van der Waals surface area (Å²) in [6, 6.07) is 11.7. The number of hydrogen-bond acceptors (Lipinski definition) is 6. The van der Waals surface area contributed by atoms with Gasteiger partial charge >= 0.3 is 0 Å². The van der Waals surface area contributed by atoms with Gasteiger partial charge in [0.05, 0.1) is 35.5 Å². The van der Waals surface area contributed by atoms with Crippen LogP contribution in [0.25, 0.3) is 22.2 Å². The highest BCUT2D eigenvalue weighted by Crippen LogP contribution is 2.32. The summed E-state index contributed by atoms with van der Waals surface area (Å²) in [5, 5.41) is 2.88. The summed E-state index contributed by atoms with van der Waals surface area (Å²) in [4.78, 5) is 51.9. The number of ketones is 1. The summed E-state index contributed by atoms with van der Waals surface area (Å²) < 4.78 is 5.37. The molecule has 0 saturated heterocycles. The number of rotatable bonds is 5. The third-order valence-electron chi connectivity index (χ3n) is 6.27. The van der Waals surface area contributed by atoms with Crippen LogP contribution in [0.3, 0.4) is 0 Å². The average Bonchev–Trinajstić information content (AvgIpc) is 3.36. The van der Waals surface area contributed by atoms with Crippen LogP contribution < -0.4 is 10.1 Å². The molecule has 0 radical (unpaired) electrons. The van der Waals surface area contributed by atoms with Gasteiger partial charge in [-0.2, -0.15) is 0 Å². The Morgan fingerprint density at radius 2 is 1.97 bits per heavy atom. The number of fused-ring (bicyclic) bond motifs is 2. The number of nitrogens with zero attached hydrogens (tertiary/aromatic N) is 3. The van der Waals surface area contributed by atoms with E-state index >= 15 is 0 Å². The number of hydrogen-bond donors (Lipinski definition) is 2. The quantitative estimate of drug-likeness (QED) is 0.343. The van der Waals surface area contributed by atoms with E-state index in [4.69, 9.17) is 4.74 Å². The molecule has 0 atom stereocenters. The highest BCUT2D eigenvalue weighted by atomic mass is 16.5. The summed E-state index contributed by atoms with van der Waals surface area (Å²) in [7, 11) is 2.94. The van der Waals surface area contributed by atoms with E-state index in [1.54, 1.807) is 11.1 Å². The third-order valence-corrected chi connectivity index (χ3v) is 6.27. The standard InChI is InChI=1S/C26H23N5O4/c1-27-25(33)23-22-21(20(35-2)13-30-23)18(12-29-22)24(32)26(34)31-11-9-16-15(14-31)6-5-7-17(16)19-8-3-4-10-28-19/h3-8,10,12-13,29H,9,11,14H2,1-2H3,(H,27,33). The number of nitrogens with one attached hydrogen (secondary N) is 2. The smallest absolute Gasteiger partial charge is 0.295 e. The van der Waals surface area contributed by atoms with E-state index in [0.29, 0.717) is 36.2 Å². The van der Waals surface area contributed by atoms with Crippen LogP contribution in [-0.2, 0) is 17.8 Å². The molecule has 1 aliphatic rings. The molecule has 4 heterocycles. The predicted molar refractivity (Wildman–Crippen MR) is 129 cm³/mol. The molecule has 0 spiro atoms. The second-order valence-electron chi connectivity index (χ2n) is 8.17. The fraction of sp³-hybridized carbons (Fsp3) is 0.192. The maximum atomic E-state index is 13.3. The lowest BCUT2D eigenvalue weighted by atomic mass is 9.92. The highest BCUT2D eigenvalue weighted by molar-refractivity contribution is 6.45. The first-order valence-electron chi connectivity index (χ1n) is 11.2. The molecule has 3 aromatic heterocycles. The minimum Gasteiger partial charge on any atom is -0.494 e. The zero-order chi connectivity index (χ0) is 24.5. The molecule has 0 saturated carbocycles. The number of aromatic nitrogens is 3. The number of amides is 2. The number of aromatic amines is 1. The Kier molecular flexibility index (Phi) is 5.74. The van der Waals surface area contributed by atoms with Gasteiger partial charge in [-0.15, -0.1) is 0 Å². The SMILES string of the molecule is CNC(=O)c1ncc(OC)c2c(C(=O)C(=O)N3CCc4c(cccc4-c4ccccn4)C3)c[nH]c12. The number of pyridine rings is 2. The number of Topliss-reactive ketones (excluding diaryl/α,β-unsaturated/α-hetero) is 1. The number of carbonyl (C=O) groups excluding carboxylic acids is 3. The molecular formula is C26H23N5O4. The molecule has 2 amide bonds. The van der Waals surface area contributed by atoms with Gasteiger partial charge in [0, 0.05) is 38.1 Å². The predicted octanol–water partition coefficient (Wildman–Crippen LogP) is 2.76. The van der Waals surface area contributed by atoms with Crippen LogP contribution in [0.15, 0.2) is 55.0 Å². The largest absolute Gasteiger partial charge is 0.494 e. The molecule has 1 aromatic carbocycles. The van der Waals surface area contributed by atoms with E-state index in [9.17, 15) is 14.4 Å². The van der Waals surface area contributed by atoms with Gasteiger partial charge in [-0.05, 0) is 29.7 Å². The minimum atomic E-state index is -0.673. The molecule has 4 aromatic rings. The van der Waals surface area contributed by atoms with Crippen LogP contribution in [0.4, 0.5) is 0 Å². The van der Waals surface area contributed by atoms with Crippen molar-refractivity contribution in [2.75, 3.05) is 20.7 Å². The Morgan fingerprint density at radius 3 is 2.71 bits per heavy atom. The summed E-state index contributed by atoms with van der Waals surface area (Å²) in [6.45, 7) is 0.733. The lowest BCUT2D eigenvalue weighted by Crippen LogP contribution is -2.40. The van der Waals surface area contributed by atoms with E-state index in [1.165, 1.54) is 26.6 Å². The number of methoxy groups -OCH3 is 1. The lowest BCUT2D eigenvalue weighted by molar-refractivity contribution is -0.127. The van der Waals surface area contributed by atoms with E-state index in [1.807, 2.05) is 36.4 Å². The topological polar surface area (TPSA) is 117 Å². The molecule has 35 heavy (non-hydrogen) atoms. The Labute approximate surface area is 201 Å². The van der Waals surface area contributed by atoms with Gasteiger partial charge in [-0.25, -0.2) is 4.98 Å². The molecule has 0 fully saturated rings. The highest BCUT2D eigenvalue weighted by Gasteiger charge is 2.31. The van der Waals surface area contributed by atoms with Gasteiger partial charge in [-0.1, -0.05) is 24.3 Å². The summed E-state index contributed by atoms with van der Waals surface area (Å²) in [5.74, 6) is -1.40. The molecule has 1 aliphatic heterocycles. The lowest BCUT2D eigenvalue weighted by Gasteiger charge is -2.29. The molecular weight excluding hydrogens is 446 g/mol. The van der Waals surface area contributed by atoms with Crippen molar-refractivity contribution < 1.29 is 19.1 Å². The van der Waals surface area contributed by atoms with Gasteiger partial charge in [0.2, 0.25) is 0 Å². The molecule has 9 nitrogen and oxygen atoms in total. The molecule has 0 unspecified atom stereocenters. The summed E-state index contributed by atoms with van der Waals surface area (Å²) in [5.41, 5.74) is 4.64. The molecule has 5 rings (SSSR count). The van der Waals surface area contributed by atoms with Crippen LogP contribution in [0, 0.1) is 0 Å². The summed E-state index contributed by atoms with van der Waals surface area (Å²) >= 11 is 0.